The number of carbonyl (C=O) groups is 2. The van der Waals surface area contributed by atoms with Gasteiger partial charge >= 0.3 is 0 Å². The first kappa shape index (κ1) is 21.4. The van der Waals surface area contributed by atoms with E-state index in [-0.39, 0.29) is 11.8 Å². The van der Waals surface area contributed by atoms with E-state index in [4.69, 9.17) is 0 Å². The third kappa shape index (κ3) is 8.18. The van der Waals surface area contributed by atoms with Crippen LogP contribution in [-0.4, -0.2) is 42.9 Å². The Morgan fingerprint density at radius 2 is 1.68 bits per heavy atom. The molecule has 2 aromatic rings. The molecule has 2 N–H and O–H groups in total. The highest BCUT2D eigenvalue weighted by Gasteiger charge is 2.13. The van der Waals surface area contributed by atoms with Crippen LogP contribution in [0.5, 0.6) is 0 Å². The smallest absolute Gasteiger partial charge is 0.244 e. The van der Waals surface area contributed by atoms with Gasteiger partial charge in [0.15, 0.2) is 0 Å². The SMILES string of the molecule is CC(NC(=O)/C=C/c1ccccc1)C(=O)NCCCN(C)Cc1ccccc1. The molecule has 148 valence electrons. The van der Waals surface area contributed by atoms with E-state index in [0.717, 1.165) is 25.1 Å². The summed E-state index contributed by atoms with van der Waals surface area (Å²) in [6.45, 7) is 4.04. The maximum absolute atomic E-state index is 12.1. The van der Waals surface area contributed by atoms with E-state index in [1.807, 2.05) is 48.5 Å². The summed E-state index contributed by atoms with van der Waals surface area (Å²) in [5.41, 5.74) is 2.21. The van der Waals surface area contributed by atoms with Crippen molar-refractivity contribution in [1.82, 2.24) is 15.5 Å². The summed E-state index contributed by atoms with van der Waals surface area (Å²) in [6, 6.07) is 19.3. The van der Waals surface area contributed by atoms with Crippen LogP contribution in [0.25, 0.3) is 6.08 Å². The lowest BCUT2D eigenvalue weighted by atomic mass is 10.2. The van der Waals surface area contributed by atoms with Gasteiger partial charge in [0.1, 0.15) is 6.04 Å². The molecule has 2 rings (SSSR count). The van der Waals surface area contributed by atoms with Gasteiger partial charge in [-0.3, -0.25) is 9.59 Å². The molecule has 2 aromatic carbocycles. The Kier molecular flexibility index (Phi) is 8.95. The number of rotatable bonds is 10. The van der Waals surface area contributed by atoms with Crippen LogP contribution in [-0.2, 0) is 16.1 Å². The molecular weight excluding hydrogens is 350 g/mol. The molecule has 0 aliphatic carbocycles. The van der Waals surface area contributed by atoms with Crippen LogP contribution < -0.4 is 10.6 Å². The minimum Gasteiger partial charge on any atom is -0.354 e. The fourth-order valence-corrected chi connectivity index (χ4v) is 2.75. The second-order valence-electron chi connectivity index (χ2n) is 6.84. The van der Waals surface area contributed by atoms with Gasteiger partial charge in [0.05, 0.1) is 0 Å². The van der Waals surface area contributed by atoms with Crippen molar-refractivity contribution in [1.29, 1.82) is 0 Å². The van der Waals surface area contributed by atoms with Crippen LogP contribution in [0.4, 0.5) is 0 Å². The number of benzene rings is 2. The van der Waals surface area contributed by atoms with Gasteiger partial charge in [0.2, 0.25) is 11.8 Å². The van der Waals surface area contributed by atoms with E-state index < -0.39 is 6.04 Å². The van der Waals surface area contributed by atoms with Crippen molar-refractivity contribution in [2.45, 2.75) is 25.9 Å². The van der Waals surface area contributed by atoms with Crippen molar-refractivity contribution in [3.05, 3.63) is 77.9 Å². The van der Waals surface area contributed by atoms with Crippen LogP contribution >= 0.6 is 0 Å². The Labute approximate surface area is 167 Å². The predicted molar refractivity (Wildman–Crippen MR) is 113 cm³/mol. The molecule has 0 aliphatic heterocycles. The maximum Gasteiger partial charge on any atom is 0.244 e. The normalized spacial score (nSPS) is 12.1. The van der Waals surface area contributed by atoms with Crippen molar-refractivity contribution in [2.75, 3.05) is 20.1 Å². The summed E-state index contributed by atoms with van der Waals surface area (Å²) in [6.07, 6.45) is 4.02. The number of nitrogens with one attached hydrogen (secondary N) is 2. The highest BCUT2D eigenvalue weighted by molar-refractivity contribution is 5.95. The van der Waals surface area contributed by atoms with Gasteiger partial charge in [-0.25, -0.2) is 0 Å². The molecular formula is C23H29N3O2. The molecule has 0 saturated carbocycles. The molecule has 0 aliphatic rings. The Bertz CT molecular complexity index is 760. The molecule has 1 atom stereocenters. The zero-order valence-electron chi connectivity index (χ0n) is 16.6. The Morgan fingerprint density at radius 3 is 2.36 bits per heavy atom. The van der Waals surface area contributed by atoms with Gasteiger partial charge in [-0.1, -0.05) is 60.7 Å². The molecule has 0 saturated heterocycles. The Hall–Kier alpha value is -2.92. The van der Waals surface area contributed by atoms with Crippen LogP contribution in [0, 0.1) is 0 Å². The first-order valence-corrected chi connectivity index (χ1v) is 9.58. The van der Waals surface area contributed by atoms with Crippen LogP contribution in [0.2, 0.25) is 0 Å². The standard InChI is InChI=1S/C23H29N3O2/c1-19(25-22(27)15-14-20-10-5-3-6-11-20)23(28)24-16-9-17-26(2)18-21-12-7-4-8-13-21/h3-8,10-15,19H,9,16-18H2,1-2H3,(H,24,28)(H,25,27)/b15-14+. The second kappa shape index (κ2) is 11.7. The van der Waals surface area contributed by atoms with Gasteiger partial charge < -0.3 is 15.5 Å². The molecule has 0 spiro atoms. The summed E-state index contributed by atoms with van der Waals surface area (Å²) < 4.78 is 0. The molecule has 0 heterocycles. The summed E-state index contributed by atoms with van der Waals surface area (Å²) in [5, 5.41) is 5.56. The van der Waals surface area contributed by atoms with Gasteiger partial charge in [-0.15, -0.1) is 0 Å². The lowest BCUT2D eigenvalue weighted by Gasteiger charge is -2.17. The maximum atomic E-state index is 12.1. The Balaban J connectivity index is 1.62. The van der Waals surface area contributed by atoms with Gasteiger partial charge in [0.25, 0.3) is 0 Å². The van der Waals surface area contributed by atoms with E-state index in [0.29, 0.717) is 6.54 Å². The molecule has 5 nitrogen and oxygen atoms in total. The molecule has 0 radical (unpaired) electrons. The molecule has 5 heteroatoms. The molecule has 0 bridgehead atoms. The van der Waals surface area contributed by atoms with E-state index in [2.05, 4.69) is 34.7 Å². The van der Waals surface area contributed by atoms with Crippen molar-refractivity contribution >= 4 is 17.9 Å². The van der Waals surface area contributed by atoms with Crippen molar-refractivity contribution in [3.8, 4) is 0 Å². The van der Waals surface area contributed by atoms with Crippen molar-refractivity contribution < 1.29 is 9.59 Å². The largest absolute Gasteiger partial charge is 0.354 e. The lowest BCUT2D eigenvalue weighted by molar-refractivity contribution is -0.126. The monoisotopic (exact) mass is 379 g/mol. The molecule has 1 unspecified atom stereocenters. The predicted octanol–water partition coefficient (Wildman–Crippen LogP) is 2.84. The fraction of sp³-hybridized carbons (Fsp3) is 0.304. The van der Waals surface area contributed by atoms with E-state index >= 15 is 0 Å². The number of hydrogen-bond donors (Lipinski definition) is 2. The molecule has 2 amide bonds. The van der Waals surface area contributed by atoms with Crippen molar-refractivity contribution in [2.24, 2.45) is 0 Å². The topological polar surface area (TPSA) is 61.4 Å². The second-order valence-corrected chi connectivity index (χ2v) is 6.84. The third-order valence-electron chi connectivity index (χ3n) is 4.29. The highest BCUT2D eigenvalue weighted by atomic mass is 16.2. The minimum atomic E-state index is -0.574. The number of amides is 2. The van der Waals surface area contributed by atoms with Crippen LogP contribution in [0.15, 0.2) is 66.7 Å². The first-order valence-electron chi connectivity index (χ1n) is 9.58. The summed E-state index contributed by atoms with van der Waals surface area (Å²) in [5.74, 6) is -0.457. The highest BCUT2D eigenvalue weighted by Crippen LogP contribution is 2.03. The summed E-state index contributed by atoms with van der Waals surface area (Å²) >= 11 is 0. The third-order valence-corrected chi connectivity index (χ3v) is 4.29. The lowest BCUT2D eigenvalue weighted by Crippen LogP contribution is -2.44. The van der Waals surface area contributed by atoms with Crippen molar-refractivity contribution in [3.63, 3.8) is 0 Å². The quantitative estimate of drug-likeness (QED) is 0.493. The zero-order chi connectivity index (χ0) is 20.2. The van der Waals surface area contributed by atoms with Crippen LogP contribution in [0.1, 0.15) is 24.5 Å². The summed E-state index contributed by atoms with van der Waals surface area (Å²) in [7, 11) is 2.07. The van der Waals surface area contributed by atoms with Crippen LogP contribution in [0.3, 0.4) is 0 Å². The number of nitrogens with zero attached hydrogens (tertiary/aromatic N) is 1. The molecule has 0 fully saturated rings. The fourth-order valence-electron chi connectivity index (χ4n) is 2.75. The Morgan fingerprint density at radius 1 is 1.04 bits per heavy atom. The average molecular weight is 380 g/mol. The van der Waals surface area contributed by atoms with E-state index in [9.17, 15) is 9.59 Å². The average Bonchev–Trinajstić information content (AvgIpc) is 2.71. The van der Waals surface area contributed by atoms with Gasteiger partial charge in [-0.05, 0) is 44.1 Å². The van der Waals surface area contributed by atoms with E-state index in [1.54, 1.807) is 13.0 Å². The minimum absolute atomic E-state index is 0.174. The van der Waals surface area contributed by atoms with Gasteiger partial charge in [0, 0.05) is 19.2 Å². The number of hydrogen-bond acceptors (Lipinski definition) is 3. The van der Waals surface area contributed by atoms with E-state index in [1.165, 1.54) is 11.6 Å². The van der Waals surface area contributed by atoms with Gasteiger partial charge in [-0.2, -0.15) is 0 Å². The molecule has 28 heavy (non-hydrogen) atoms. The first-order chi connectivity index (χ1) is 13.5. The zero-order valence-corrected chi connectivity index (χ0v) is 16.6. The summed E-state index contributed by atoms with van der Waals surface area (Å²) in [4.78, 5) is 26.3. The molecule has 0 aromatic heterocycles. The number of carbonyl (C=O) groups excluding carboxylic acids is 2.